The van der Waals surface area contributed by atoms with Crippen LogP contribution in [-0.4, -0.2) is 16.9 Å². The van der Waals surface area contributed by atoms with Gasteiger partial charge in [-0.3, -0.25) is 4.79 Å². The van der Waals surface area contributed by atoms with Crippen molar-refractivity contribution in [3.8, 4) is 0 Å². The molecule has 0 saturated heterocycles. The van der Waals surface area contributed by atoms with Crippen molar-refractivity contribution < 1.29 is 9.18 Å². The van der Waals surface area contributed by atoms with Crippen LogP contribution in [0.1, 0.15) is 40.9 Å². The molecule has 2 atom stereocenters. The molecule has 1 heterocycles. The van der Waals surface area contributed by atoms with Crippen LogP contribution in [-0.2, 0) is 6.42 Å². The van der Waals surface area contributed by atoms with Gasteiger partial charge in [0.15, 0.2) is 0 Å². The third-order valence-corrected chi connectivity index (χ3v) is 4.02. The van der Waals surface area contributed by atoms with Crippen LogP contribution in [0.25, 0.3) is 0 Å². The number of hydrogen-bond acceptors (Lipinski definition) is 4. The summed E-state index contributed by atoms with van der Waals surface area (Å²) in [5.74, 6) is -0.478. The van der Waals surface area contributed by atoms with E-state index in [-0.39, 0.29) is 23.8 Å². The van der Waals surface area contributed by atoms with Crippen molar-refractivity contribution in [3.63, 3.8) is 0 Å². The highest BCUT2D eigenvalue weighted by atomic mass is 32.1. The lowest BCUT2D eigenvalue weighted by atomic mass is 10.1. The Morgan fingerprint density at radius 1 is 1.38 bits per heavy atom. The molecular formula is C15H18FN3OS. The molecule has 2 unspecified atom stereocenters. The Bertz CT molecular complexity index is 610. The van der Waals surface area contributed by atoms with Crippen molar-refractivity contribution in [2.24, 2.45) is 5.73 Å². The number of nitrogens with two attached hydrogens (primary N) is 1. The fourth-order valence-corrected chi connectivity index (χ4v) is 2.68. The Kier molecular flexibility index (Phi) is 5.03. The summed E-state index contributed by atoms with van der Waals surface area (Å²) in [5.41, 5.74) is 7.09. The zero-order valence-electron chi connectivity index (χ0n) is 12.0. The SMILES string of the molecule is CC(Cc1ccc(F)cc1)NC(=O)c1csc(C(C)N)n1. The number of aromatic nitrogens is 1. The lowest BCUT2D eigenvalue weighted by Gasteiger charge is -2.13. The van der Waals surface area contributed by atoms with Gasteiger partial charge in [-0.1, -0.05) is 12.1 Å². The molecule has 0 spiro atoms. The summed E-state index contributed by atoms with van der Waals surface area (Å²) in [7, 11) is 0. The average molecular weight is 307 g/mol. The minimum Gasteiger partial charge on any atom is -0.348 e. The van der Waals surface area contributed by atoms with Crippen LogP contribution in [0, 0.1) is 5.82 Å². The summed E-state index contributed by atoms with van der Waals surface area (Å²) in [6.45, 7) is 3.73. The Balaban J connectivity index is 1.93. The van der Waals surface area contributed by atoms with E-state index >= 15 is 0 Å². The molecule has 3 N–H and O–H groups in total. The summed E-state index contributed by atoms with van der Waals surface area (Å²) < 4.78 is 12.8. The maximum absolute atomic E-state index is 12.8. The molecule has 2 rings (SSSR count). The van der Waals surface area contributed by atoms with Crippen molar-refractivity contribution >= 4 is 17.2 Å². The largest absolute Gasteiger partial charge is 0.348 e. The normalized spacial score (nSPS) is 13.7. The van der Waals surface area contributed by atoms with Gasteiger partial charge in [0.25, 0.3) is 5.91 Å². The first kappa shape index (κ1) is 15.6. The maximum atomic E-state index is 12.8. The average Bonchev–Trinajstić information content (AvgIpc) is 2.91. The molecule has 1 aromatic carbocycles. The minimum absolute atomic E-state index is 0.0663. The van der Waals surface area contributed by atoms with E-state index in [4.69, 9.17) is 5.73 Å². The topological polar surface area (TPSA) is 68.0 Å². The lowest BCUT2D eigenvalue weighted by Crippen LogP contribution is -2.34. The van der Waals surface area contributed by atoms with Gasteiger partial charge in [0.2, 0.25) is 0 Å². The molecule has 112 valence electrons. The van der Waals surface area contributed by atoms with Gasteiger partial charge in [-0.15, -0.1) is 11.3 Å². The molecule has 1 amide bonds. The molecule has 0 saturated carbocycles. The van der Waals surface area contributed by atoms with Crippen molar-refractivity contribution in [3.05, 3.63) is 51.7 Å². The highest BCUT2D eigenvalue weighted by molar-refractivity contribution is 7.09. The predicted octanol–water partition coefficient (Wildman–Crippen LogP) is 2.66. The molecule has 0 aliphatic heterocycles. The second-order valence-corrected chi connectivity index (χ2v) is 5.95. The number of hydrogen-bond donors (Lipinski definition) is 2. The third-order valence-electron chi connectivity index (χ3n) is 2.98. The number of nitrogens with one attached hydrogen (secondary N) is 1. The van der Waals surface area contributed by atoms with Crippen molar-refractivity contribution in [2.45, 2.75) is 32.4 Å². The van der Waals surface area contributed by atoms with Gasteiger partial charge in [-0.05, 0) is 38.0 Å². The summed E-state index contributed by atoms with van der Waals surface area (Å²) >= 11 is 1.38. The van der Waals surface area contributed by atoms with Gasteiger partial charge in [-0.25, -0.2) is 9.37 Å². The number of benzene rings is 1. The smallest absolute Gasteiger partial charge is 0.270 e. The van der Waals surface area contributed by atoms with Crippen LogP contribution in [0.3, 0.4) is 0 Å². The number of carbonyl (C=O) groups is 1. The van der Waals surface area contributed by atoms with Crippen LogP contribution >= 0.6 is 11.3 Å². The Hall–Kier alpha value is -1.79. The van der Waals surface area contributed by atoms with E-state index in [1.165, 1.54) is 23.5 Å². The second-order valence-electron chi connectivity index (χ2n) is 5.06. The molecule has 21 heavy (non-hydrogen) atoms. The fraction of sp³-hybridized carbons (Fsp3) is 0.333. The van der Waals surface area contributed by atoms with E-state index < -0.39 is 0 Å². The number of thiazole rings is 1. The summed E-state index contributed by atoms with van der Waals surface area (Å²) in [4.78, 5) is 16.3. The van der Waals surface area contributed by atoms with E-state index in [0.717, 1.165) is 10.6 Å². The molecule has 1 aromatic heterocycles. The van der Waals surface area contributed by atoms with Gasteiger partial charge in [0.1, 0.15) is 16.5 Å². The van der Waals surface area contributed by atoms with E-state index in [1.54, 1.807) is 17.5 Å². The molecule has 4 nitrogen and oxygen atoms in total. The van der Waals surface area contributed by atoms with E-state index in [1.807, 2.05) is 13.8 Å². The fourth-order valence-electron chi connectivity index (χ4n) is 1.92. The van der Waals surface area contributed by atoms with Gasteiger partial charge >= 0.3 is 0 Å². The molecular weight excluding hydrogens is 289 g/mol. The quantitative estimate of drug-likeness (QED) is 0.892. The zero-order valence-corrected chi connectivity index (χ0v) is 12.8. The van der Waals surface area contributed by atoms with E-state index in [2.05, 4.69) is 10.3 Å². The Morgan fingerprint density at radius 3 is 2.62 bits per heavy atom. The first-order chi connectivity index (χ1) is 9.95. The molecule has 0 aliphatic rings. The van der Waals surface area contributed by atoms with Crippen molar-refractivity contribution in [1.82, 2.24) is 10.3 Å². The predicted molar refractivity (Wildman–Crippen MR) is 81.7 cm³/mol. The third kappa shape index (κ3) is 4.34. The maximum Gasteiger partial charge on any atom is 0.270 e. The number of amides is 1. The standard InChI is InChI=1S/C15H18FN3OS/c1-9(7-11-3-5-12(16)6-4-11)18-14(20)13-8-21-15(19-13)10(2)17/h3-6,8-10H,7,17H2,1-2H3,(H,18,20). The van der Waals surface area contributed by atoms with E-state index in [9.17, 15) is 9.18 Å². The second kappa shape index (κ2) is 6.78. The zero-order chi connectivity index (χ0) is 15.4. The highest BCUT2D eigenvalue weighted by Gasteiger charge is 2.15. The Morgan fingerprint density at radius 2 is 2.05 bits per heavy atom. The van der Waals surface area contributed by atoms with Crippen molar-refractivity contribution in [1.29, 1.82) is 0 Å². The molecule has 2 aromatic rings. The van der Waals surface area contributed by atoms with E-state index in [0.29, 0.717) is 12.1 Å². The first-order valence-corrected chi connectivity index (χ1v) is 7.60. The van der Waals surface area contributed by atoms with Crippen molar-refractivity contribution in [2.75, 3.05) is 0 Å². The molecule has 0 aliphatic carbocycles. The molecule has 6 heteroatoms. The molecule has 0 bridgehead atoms. The first-order valence-electron chi connectivity index (χ1n) is 6.72. The van der Waals surface area contributed by atoms with Crippen LogP contribution in [0.15, 0.2) is 29.6 Å². The van der Waals surface area contributed by atoms with Gasteiger partial charge in [0.05, 0.1) is 6.04 Å². The van der Waals surface area contributed by atoms with Crippen LogP contribution in [0.4, 0.5) is 4.39 Å². The van der Waals surface area contributed by atoms with Gasteiger partial charge in [0, 0.05) is 11.4 Å². The number of halogens is 1. The van der Waals surface area contributed by atoms with Crippen LogP contribution in [0.2, 0.25) is 0 Å². The Labute approximate surface area is 127 Å². The highest BCUT2D eigenvalue weighted by Crippen LogP contribution is 2.16. The van der Waals surface area contributed by atoms with Crippen LogP contribution in [0.5, 0.6) is 0 Å². The van der Waals surface area contributed by atoms with Gasteiger partial charge in [-0.2, -0.15) is 0 Å². The summed E-state index contributed by atoms with van der Waals surface area (Å²) in [6.07, 6.45) is 0.635. The summed E-state index contributed by atoms with van der Waals surface area (Å²) in [5, 5.41) is 5.33. The number of rotatable bonds is 5. The molecule has 0 radical (unpaired) electrons. The van der Waals surface area contributed by atoms with Crippen LogP contribution < -0.4 is 11.1 Å². The minimum atomic E-state index is -0.263. The summed E-state index contributed by atoms with van der Waals surface area (Å²) in [6, 6.07) is 6.03. The molecule has 0 fully saturated rings. The monoisotopic (exact) mass is 307 g/mol. The van der Waals surface area contributed by atoms with Gasteiger partial charge < -0.3 is 11.1 Å². The number of nitrogens with zero attached hydrogens (tertiary/aromatic N) is 1. The number of carbonyl (C=O) groups excluding carboxylic acids is 1. The lowest BCUT2D eigenvalue weighted by molar-refractivity contribution is 0.0935.